The van der Waals surface area contributed by atoms with E-state index in [-0.39, 0.29) is 17.3 Å². The first-order valence-electron chi connectivity index (χ1n) is 7.85. The van der Waals surface area contributed by atoms with Crippen molar-refractivity contribution < 1.29 is 4.39 Å². The third kappa shape index (κ3) is 4.19. The fourth-order valence-electron chi connectivity index (χ4n) is 2.54. The van der Waals surface area contributed by atoms with Gasteiger partial charge in [0.1, 0.15) is 5.82 Å². The van der Waals surface area contributed by atoms with E-state index in [1.807, 2.05) is 13.0 Å². The summed E-state index contributed by atoms with van der Waals surface area (Å²) in [5, 5.41) is 3.39. The molecule has 3 heteroatoms. The molecule has 0 bridgehead atoms. The SMILES string of the molecule is CCNC(C)c1cc(F)c(C)cc1N(C)C(C)C(C)(C)C. The van der Waals surface area contributed by atoms with Gasteiger partial charge in [0.25, 0.3) is 0 Å². The molecule has 2 unspecified atom stereocenters. The topological polar surface area (TPSA) is 15.3 Å². The quantitative estimate of drug-likeness (QED) is 0.848. The van der Waals surface area contributed by atoms with Crippen LogP contribution in [0.15, 0.2) is 12.1 Å². The van der Waals surface area contributed by atoms with Crippen LogP contribution in [0.2, 0.25) is 0 Å². The molecule has 0 spiro atoms. The van der Waals surface area contributed by atoms with Crippen molar-refractivity contribution in [1.29, 1.82) is 0 Å². The number of hydrogen-bond acceptors (Lipinski definition) is 2. The van der Waals surface area contributed by atoms with Gasteiger partial charge < -0.3 is 10.2 Å². The number of anilines is 1. The van der Waals surface area contributed by atoms with Crippen LogP contribution in [0.4, 0.5) is 10.1 Å². The Bertz CT molecular complexity index is 477. The van der Waals surface area contributed by atoms with Gasteiger partial charge in [-0.25, -0.2) is 4.39 Å². The van der Waals surface area contributed by atoms with Crippen molar-refractivity contribution in [1.82, 2.24) is 5.32 Å². The number of halogens is 1. The molecule has 0 radical (unpaired) electrons. The van der Waals surface area contributed by atoms with Gasteiger partial charge in [-0.15, -0.1) is 0 Å². The molecule has 0 aliphatic heterocycles. The first-order valence-corrected chi connectivity index (χ1v) is 7.85. The minimum absolute atomic E-state index is 0.129. The molecule has 21 heavy (non-hydrogen) atoms. The van der Waals surface area contributed by atoms with Crippen LogP contribution in [0, 0.1) is 18.2 Å². The van der Waals surface area contributed by atoms with Crippen molar-refractivity contribution in [3.8, 4) is 0 Å². The Hall–Kier alpha value is -1.09. The predicted octanol–water partition coefficient (Wildman–Crippen LogP) is 4.68. The summed E-state index contributed by atoms with van der Waals surface area (Å²) in [6, 6.07) is 4.15. The Morgan fingerprint density at radius 3 is 2.29 bits per heavy atom. The van der Waals surface area contributed by atoms with Gasteiger partial charge in [0.05, 0.1) is 0 Å². The summed E-state index contributed by atoms with van der Waals surface area (Å²) in [6.07, 6.45) is 0. The second kappa shape index (κ2) is 6.78. The summed E-state index contributed by atoms with van der Waals surface area (Å²) < 4.78 is 14.0. The molecule has 1 aromatic rings. The van der Waals surface area contributed by atoms with Gasteiger partial charge in [0.2, 0.25) is 0 Å². The summed E-state index contributed by atoms with van der Waals surface area (Å²) in [4.78, 5) is 2.27. The number of nitrogens with zero attached hydrogens (tertiary/aromatic N) is 1. The summed E-state index contributed by atoms with van der Waals surface area (Å²) in [6.45, 7) is 15.8. The molecule has 0 saturated heterocycles. The second-order valence-corrected chi connectivity index (χ2v) is 7.09. The molecular weight excluding hydrogens is 263 g/mol. The van der Waals surface area contributed by atoms with Gasteiger partial charge in [-0.2, -0.15) is 0 Å². The number of benzene rings is 1. The van der Waals surface area contributed by atoms with Crippen molar-refractivity contribution in [3.05, 3.63) is 29.1 Å². The Balaban J connectivity index is 3.29. The van der Waals surface area contributed by atoms with E-state index < -0.39 is 0 Å². The zero-order valence-corrected chi connectivity index (χ0v) is 14.8. The highest BCUT2D eigenvalue weighted by molar-refractivity contribution is 5.57. The average molecular weight is 294 g/mol. The maximum absolute atomic E-state index is 14.0. The molecule has 0 aliphatic carbocycles. The molecule has 0 aliphatic rings. The first kappa shape index (κ1) is 18.0. The lowest BCUT2D eigenvalue weighted by atomic mass is 9.86. The molecule has 1 rings (SSSR count). The van der Waals surface area contributed by atoms with E-state index in [1.165, 1.54) is 0 Å². The van der Waals surface area contributed by atoms with Gasteiger partial charge in [-0.3, -0.25) is 0 Å². The molecule has 0 amide bonds. The van der Waals surface area contributed by atoms with Gasteiger partial charge in [-0.1, -0.05) is 27.7 Å². The number of aryl methyl sites for hydroxylation is 1. The number of hydrogen-bond donors (Lipinski definition) is 1. The van der Waals surface area contributed by atoms with Crippen molar-refractivity contribution >= 4 is 5.69 Å². The molecule has 0 saturated carbocycles. The van der Waals surface area contributed by atoms with Crippen LogP contribution in [-0.2, 0) is 0 Å². The largest absolute Gasteiger partial charge is 0.371 e. The summed E-state index contributed by atoms with van der Waals surface area (Å²) in [5.74, 6) is -0.129. The van der Waals surface area contributed by atoms with Crippen molar-refractivity contribution in [2.24, 2.45) is 5.41 Å². The lowest BCUT2D eigenvalue weighted by molar-refractivity contribution is 0.329. The summed E-state index contributed by atoms with van der Waals surface area (Å²) in [7, 11) is 2.10. The van der Waals surface area contributed by atoms with Crippen LogP contribution in [0.5, 0.6) is 0 Å². The molecule has 0 heterocycles. The van der Waals surface area contributed by atoms with Crippen LogP contribution in [0.25, 0.3) is 0 Å². The van der Waals surface area contributed by atoms with Crippen LogP contribution in [0.1, 0.15) is 58.7 Å². The number of nitrogens with one attached hydrogen (secondary N) is 1. The monoisotopic (exact) mass is 294 g/mol. The highest BCUT2D eigenvalue weighted by Crippen LogP contribution is 2.33. The minimum Gasteiger partial charge on any atom is -0.371 e. The number of rotatable bonds is 5. The Morgan fingerprint density at radius 2 is 1.81 bits per heavy atom. The smallest absolute Gasteiger partial charge is 0.126 e. The van der Waals surface area contributed by atoms with E-state index in [0.717, 1.165) is 17.8 Å². The normalized spacial score (nSPS) is 14.9. The second-order valence-electron chi connectivity index (χ2n) is 7.09. The van der Waals surface area contributed by atoms with E-state index in [4.69, 9.17) is 0 Å². The lowest BCUT2D eigenvalue weighted by Gasteiger charge is -2.38. The summed E-state index contributed by atoms with van der Waals surface area (Å²) >= 11 is 0. The fraction of sp³-hybridized carbons (Fsp3) is 0.667. The van der Waals surface area contributed by atoms with Gasteiger partial charge >= 0.3 is 0 Å². The molecule has 1 aromatic carbocycles. The molecule has 120 valence electrons. The molecular formula is C18H31FN2. The molecule has 2 nitrogen and oxygen atoms in total. The van der Waals surface area contributed by atoms with Gasteiger partial charge in [0, 0.05) is 24.8 Å². The zero-order valence-electron chi connectivity index (χ0n) is 14.8. The lowest BCUT2D eigenvalue weighted by Crippen LogP contribution is -2.40. The van der Waals surface area contributed by atoms with E-state index in [1.54, 1.807) is 6.07 Å². The van der Waals surface area contributed by atoms with Gasteiger partial charge in [-0.05, 0) is 56.0 Å². The highest BCUT2D eigenvalue weighted by atomic mass is 19.1. The van der Waals surface area contributed by atoms with E-state index >= 15 is 0 Å². The predicted molar refractivity (Wildman–Crippen MR) is 90.5 cm³/mol. The molecule has 0 fully saturated rings. The van der Waals surface area contributed by atoms with Gasteiger partial charge in [0.15, 0.2) is 0 Å². The maximum Gasteiger partial charge on any atom is 0.126 e. The van der Waals surface area contributed by atoms with Crippen molar-refractivity contribution in [3.63, 3.8) is 0 Å². The van der Waals surface area contributed by atoms with Crippen molar-refractivity contribution in [2.75, 3.05) is 18.5 Å². The van der Waals surface area contributed by atoms with Crippen molar-refractivity contribution in [2.45, 2.75) is 60.5 Å². The van der Waals surface area contributed by atoms with Crippen LogP contribution in [-0.4, -0.2) is 19.6 Å². The van der Waals surface area contributed by atoms with E-state index in [0.29, 0.717) is 11.6 Å². The van der Waals surface area contributed by atoms with E-state index in [2.05, 4.69) is 58.8 Å². The maximum atomic E-state index is 14.0. The Morgan fingerprint density at radius 1 is 1.24 bits per heavy atom. The van der Waals surface area contributed by atoms with E-state index in [9.17, 15) is 4.39 Å². The average Bonchev–Trinajstić information content (AvgIpc) is 2.38. The molecule has 1 N–H and O–H groups in total. The Labute approximate surface area is 129 Å². The summed E-state index contributed by atoms with van der Waals surface area (Å²) in [5.41, 5.74) is 3.00. The standard InChI is InChI=1S/C18H31FN2/c1-9-20-13(3)15-11-16(19)12(2)10-17(15)21(8)14(4)18(5,6)7/h10-11,13-14,20H,9H2,1-8H3. The third-order valence-electron chi connectivity index (χ3n) is 4.50. The third-order valence-corrected chi connectivity index (χ3v) is 4.50. The Kier molecular flexibility index (Phi) is 5.80. The molecule has 0 aromatic heterocycles. The zero-order chi connectivity index (χ0) is 16.4. The first-order chi connectivity index (χ1) is 9.59. The molecule has 2 atom stereocenters. The van der Waals surface area contributed by atoms with Crippen LogP contribution in [0.3, 0.4) is 0 Å². The minimum atomic E-state index is -0.129. The fourth-order valence-corrected chi connectivity index (χ4v) is 2.54. The van der Waals surface area contributed by atoms with Crippen LogP contribution < -0.4 is 10.2 Å². The highest BCUT2D eigenvalue weighted by Gasteiger charge is 2.26. The van der Waals surface area contributed by atoms with Crippen LogP contribution >= 0.6 is 0 Å².